The first-order valence-electron chi connectivity index (χ1n) is 10.7. The second-order valence-electron chi connectivity index (χ2n) is 7.82. The maximum absolute atomic E-state index is 9.96. The lowest BCUT2D eigenvalue weighted by atomic mass is 9.83. The first kappa shape index (κ1) is 21.2. The van der Waals surface area contributed by atoms with Gasteiger partial charge in [0.05, 0.1) is 24.3 Å². The van der Waals surface area contributed by atoms with E-state index in [1.54, 1.807) is 7.11 Å². The average Bonchev–Trinajstić information content (AvgIpc) is 3.30. The van der Waals surface area contributed by atoms with E-state index in [9.17, 15) is 5.26 Å². The predicted molar refractivity (Wildman–Crippen MR) is 127 cm³/mol. The van der Waals surface area contributed by atoms with E-state index in [-0.39, 0.29) is 5.88 Å². The van der Waals surface area contributed by atoms with Gasteiger partial charge in [0.25, 0.3) is 0 Å². The van der Waals surface area contributed by atoms with Gasteiger partial charge in [-0.3, -0.25) is 5.10 Å². The molecule has 0 amide bonds. The number of nitriles is 1. The highest BCUT2D eigenvalue weighted by molar-refractivity contribution is 5.71. The van der Waals surface area contributed by atoms with Crippen LogP contribution in [0.25, 0.3) is 11.3 Å². The Morgan fingerprint density at radius 2 is 1.82 bits per heavy atom. The van der Waals surface area contributed by atoms with E-state index in [1.165, 1.54) is 0 Å². The molecule has 1 aromatic heterocycles. The van der Waals surface area contributed by atoms with Crippen molar-refractivity contribution in [1.82, 2.24) is 10.2 Å². The molecule has 0 saturated carbocycles. The fourth-order valence-corrected chi connectivity index (χ4v) is 4.08. The van der Waals surface area contributed by atoms with Crippen LogP contribution >= 0.6 is 0 Å². The molecular formula is C27H22N4O3. The highest BCUT2D eigenvalue weighted by atomic mass is 16.5. The largest absolute Gasteiger partial charge is 0.497 e. The Hall–Kier alpha value is -4.70. The minimum Gasteiger partial charge on any atom is -0.497 e. The molecule has 7 heteroatoms. The molecule has 0 fully saturated rings. The van der Waals surface area contributed by atoms with Crippen LogP contribution < -0.4 is 19.9 Å². The van der Waals surface area contributed by atoms with Gasteiger partial charge < -0.3 is 19.9 Å². The lowest BCUT2D eigenvalue weighted by Gasteiger charge is -2.24. The summed E-state index contributed by atoms with van der Waals surface area (Å²) in [7, 11) is 1.62. The Labute approximate surface area is 197 Å². The summed E-state index contributed by atoms with van der Waals surface area (Å²) in [5.74, 6) is 1.37. The van der Waals surface area contributed by atoms with Crippen molar-refractivity contribution in [2.75, 3.05) is 7.11 Å². The average molecular weight is 450 g/mol. The molecule has 7 nitrogen and oxygen atoms in total. The summed E-state index contributed by atoms with van der Waals surface area (Å²) in [6.45, 7) is 0.440. The molecule has 0 saturated heterocycles. The number of aromatic nitrogens is 2. The summed E-state index contributed by atoms with van der Waals surface area (Å²) < 4.78 is 17.0. The highest BCUT2D eigenvalue weighted by Crippen LogP contribution is 2.46. The van der Waals surface area contributed by atoms with Crippen LogP contribution in [-0.2, 0) is 6.61 Å². The van der Waals surface area contributed by atoms with Gasteiger partial charge in [0.15, 0.2) is 0 Å². The number of rotatable bonds is 6. The number of fused-ring (bicyclic) bond motifs is 1. The molecule has 1 atom stereocenters. The number of aromatic amines is 1. The first-order valence-corrected chi connectivity index (χ1v) is 10.7. The summed E-state index contributed by atoms with van der Waals surface area (Å²) in [6.07, 6.45) is 0. The number of hydrogen-bond donors (Lipinski definition) is 2. The lowest BCUT2D eigenvalue weighted by Crippen LogP contribution is -2.21. The molecule has 5 rings (SSSR count). The molecule has 2 heterocycles. The van der Waals surface area contributed by atoms with Gasteiger partial charge in [0.2, 0.25) is 11.8 Å². The quantitative estimate of drug-likeness (QED) is 0.434. The normalized spacial score (nSPS) is 14.6. The van der Waals surface area contributed by atoms with Crippen molar-refractivity contribution in [2.24, 2.45) is 5.73 Å². The molecule has 0 bridgehead atoms. The number of allylic oxidation sites excluding steroid dienone is 1. The summed E-state index contributed by atoms with van der Waals surface area (Å²) in [5.41, 5.74) is 10.8. The van der Waals surface area contributed by atoms with Crippen LogP contribution in [0.5, 0.6) is 17.4 Å². The van der Waals surface area contributed by atoms with E-state index in [1.807, 2.05) is 78.9 Å². The minimum atomic E-state index is -0.468. The molecule has 0 radical (unpaired) electrons. The number of nitrogens with two attached hydrogens (primary N) is 1. The first-order chi connectivity index (χ1) is 16.7. The van der Waals surface area contributed by atoms with Gasteiger partial charge in [-0.25, -0.2) is 0 Å². The number of hydrogen-bond acceptors (Lipinski definition) is 6. The zero-order valence-corrected chi connectivity index (χ0v) is 18.5. The molecule has 1 aliphatic heterocycles. The van der Waals surface area contributed by atoms with Crippen molar-refractivity contribution in [3.8, 4) is 34.7 Å². The second-order valence-corrected chi connectivity index (χ2v) is 7.82. The Morgan fingerprint density at radius 1 is 1.03 bits per heavy atom. The van der Waals surface area contributed by atoms with E-state index in [2.05, 4.69) is 16.3 Å². The summed E-state index contributed by atoms with van der Waals surface area (Å²) >= 11 is 0. The van der Waals surface area contributed by atoms with Crippen molar-refractivity contribution >= 4 is 0 Å². The van der Waals surface area contributed by atoms with E-state index >= 15 is 0 Å². The van der Waals surface area contributed by atoms with Crippen LogP contribution in [-0.4, -0.2) is 17.3 Å². The van der Waals surface area contributed by atoms with Gasteiger partial charge >= 0.3 is 0 Å². The molecule has 0 spiro atoms. The molecule has 1 unspecified atom stereocenters. The molecule has 168 valence electrons. The van der Waals surface area contributed by atoms with Gasteiger partial charge in [-0.2, -0.15) is 5.26 Å². The van der Waals surface area contributed by atoms with E-state index in [0.29, 0.717) is 23.8 Å². The van der Waals surface area contributed by atoms with Gasteiger partial charge in [0.1, 0.15) is 29.7 Å². The molecule has 1 aliphatic rings. The number of H-pyrrole nitrogens is 1. The Bertz CT molecular complexity index is 1390. The van der Waals surface area contributed by atoms with Crippen molar-refractivity contribution in [3.63, 3.8) is 0 Å². The molecule has 3 aromatic carbocycles. The third-order valence-corrected chi connectivity index (χ3v) is 5.76. The van der Waals surface area contributed by atoms with E-state index in [0.717, 1.165) is 33.7 Å². The Morgan fingerprint density at radius 3 is 2.56 bits per heavy atom. The third kappa shape index (κ3) is 3.93. The molecule has 3 N–H and O–H groups in total. The zero-order chi connectivity index (χ0) is 23.5. The lowest BCUT2D eigenvalue weighted by molar-refractivity contribution is 0.306. The van der Waals surface area contributed by atoms with Crippen molar-refractivity contribution in [1.29, 1.82) is 5.26 Å². The predicted octanol–water partition coefficient (Wildman–Crippen LogP) is 4.88. The van der Waals surface area contributed by atoms with E-state index < -0.39 is 5.92 Å². The third-order valence-electron chi connectivity index (χ3n) is 5.76. The zero-order valence-electron chi connectivity index (χ0n) is 18.5. The van der Waals surface area contributed by atoms with Crippen LogP contribution in [0.1, 0.15) is 22.6 Å². The van der Waals surface area contributed by atoms with Gasteiger partial charge in [0, 0.05) is 5.56 Å². The smallest absolute Gasteiger partial charge is 0.244 e. The van der Waals surface area contributed by atoms with Crippen LogP contribution in [0, 0.1) is 11.3 Å². The molecular weight excluding hydrogens is 428 g/mol. The Balaban J connectivity index is 1.55. The standard InChI is InChI=1S/C27H22N4O3/c1-32-20-12-10-18(11-13-20)25-24-23(22(15-28)26(29)34-27(24)31-30-25)19-8-5-9-21(14-19)33-16-17-6-3-2-4-7-17/h2-14,23H,16,29H2,1H3,(H,30,31). The van der Waals surface area contributed by atoms with Gasteiger partial charge in [-0.1, -0.05) is 42.5 Å². The number of nitrogens with one attached hydrogen (secondary N) is 1. The van der Waals surface area contributed by atoms with E-state index in [4.69, 9.17) is 19.9 Å². The number of ether oxygens (including phenoxy) is 3. The number of methoxy groups -OCH3 is 1. The van der Waals surface area contributed by atoms with Crippen LogP contribution in [0.4, 0.5) is 0 Å². The maximum Gasteiger partial charge on any atom is 0.244 e. The van der Waals surface area contributed by atoms with Crippen molar-refractivity contribution in [3.05, 3.63) is 107 Å². The summed E-state index contributed by atoms with van der Waals surface area (Å²) in [5, 5.41) is 17.4. The number of nitrogens with zero attached hydrogens (tertiary/aromatic N) is 2. The topological polar surface area (TPSA) is 106 Å². The molecule has 34 heavy (non-hydrogen) atoms. The van der Waals surface area contributed by atoms with Gasteiger partial charge in [-0.15, -0.1) is 5.10 Å². The second kappa shape index (κ2) is 9.04. The number of benzene rings is 3. The Kier molecular flexibility index (Phi) is 5.63. The van der Waals surface area contributed by atoms with Crippen molar-refractivity contribution < 1.29 is 14.2 Å². The monoisotopic (exact) mass is 450 g/mol. The summed E-state index contributed by atoms with van der Waals surface area (Å²) in [4.78, 5) is 0. The highest BCUT2D eigenvalue weighted by Gasteiger charge is 2.35. The van der Waals surface area contributed by atoms with Crippen LogP contribution in [0.3, 0.4) is 0 Å². The minimum absolute atomic E-state index is 0.0448. The fourth-order valence-electron chi connectivity index (χ4n) is 4.08. The van der Waals surface area contributed by atoms with Crippen molar-refractivity contribution in [2.45, 2.75) is 12.5 Å². The van der Waals surface area contributed by atoms with Gasteiger partial charge in [-0.05, 0) is 47.5 Å². The van der Waals surface area contributed by atoms with Crippen LogP contribution in [0.2, 0.25) is 0 Å². The van der Waals surface area contributed by atoms with Crippen LogP contribution in [0.15, 0.2) is 90.3 Å². The summed E-state index contributed by atoms with van der Waals surface area (Å²) in [6, 6.07) is 27.5. The fraction of sp³-hybridized carbons (Fsp3) is 0.111. The maximum atomic E-state index is 9.96. The SMILES string of the molecule is COc1ccc(-c2[nH]nc3c2C(c2cccc(OCc4ccccc4)c2)C(C#N)=C(N)O3)cc1. The molecule has 0 aliphatic carbocycles. The molecule has 4 aromatic rings.